The number of nitrogens with two attached hydrogens (primary N) is 1. The standard InChI is InChI=1S/C10H11ClN2O/c11-8-5-7(6-1-2-6)3-4-9(8)13-10(12)14/h3-6H,1-2H2,(H3,12,13,14). The van der Waals surface area contributed by atoms with Crippen LogP contribution in [0.1, 0.15) is 24.3 Å². The molecule has 2 rings (SSSR count). The Morgan fingerprint density at radius 2 is 2.21 bits per heavy atom. The first-order valence-electron chi connectivity index (χ1n) is 4.52. The summed E-state index contributed by atoms with van der Waals surface area (Å²) < 4.78 is 0. The van der Waals surface area contributed by atoms with Crippen molar-refractivity contribution in [3.8, 4) is 0 Å². The van der Waals surface area contributed by atoms with E-state index < -0.39 is 6.03 Å². The first-order chi connectivity index (χ1) is 6.66. The highest BCUT2D eigenvalue weighted by atomic mass is 35.5. The highest BCUT2D eigenvalue weighted by Gasteiger charge is 2.23. The zero-order valence-electron chi connectivity index (χ0n) is 7.59. The van der Waals surface area contributed by atoms with Crippen LogP contribution in [0.3, 0.4) is 0 Å². The number of carbonyl (C=O) groups is 1. The van der Waals surface area contributed by atoms with Gasteiger partial charge in [0.05, 0.1) is 10.7 Å². The zero-order chi connectivity index (χ0) is 10.1. The number of hydrogen-bond donors (Lipinski definition) is 2. The molecule has 3 nitrogen and oxygen atoms in total. The fourth-order valence-corrected chi connectivity index (χ4v) is 1.67. The summed E-state index contributed by atoms with van der Waals surface area (Å²) in [6.45, 7) is 0. The Hall–Kier alpha value is -1.22. The molecule has 1 aliphatic rings. The van der Waals surface area contributed by atoms with E-state index in [0.717, 1.165) is 0 Å². The summed E-state index contributed by atoms with van der Waals surface area (Å²) in [7, 11) is 0. The summed E-state index contributed by atoms with van der Waals surface area (Å²) in [5.41, 5.74) is 6.81. The van der Waals surface area contributed by atoms with Crippen LogP contribution in [-0.4, -0.2) is 6.03 Å². The Bertz CT molecular complexity index is 374. The minimum atomic E-state index is -0.592. The van der Waals surface area contributed by atoms with Crippen LogP contribution in [0.25, 0.3) is 0 Å². The van der Waals surface area contributed by atoms with E-state index in [0.29, 0.717) is 16.6 Å². The van der Waals surface area contributed by atoms with E-state index in [1.807, 2.05) is 12.1 Å². The van der Waals surface area contributed by atoms with E-state index in [4.69, 9.17) is 17.3 Å². The van der Waals surface area contributed by atoms with Crippen molar-refractivity contribution in [2.45, 2.75) is 18.8 Å². The Morgan fingerprint density at radius 1 is 1.50 bits per heavy atom. The van der Waals surface area contributed by atoms with Crippen LogP contribution < -0.4 is 11.1 Å². The molecule has 0 aliphatic heterocycles. The molecule has 0 radical (unpaired) electrons. The number of carbonyl (C=O) groups excluding carboxylic acids is 1. The van der Waals surface area contributed by atoms with Crippen LogP contribution in [0.15, 0.2) is 18.2 Å². The maximum absolute atomic E-state index is 10.6. The van der Waals surface area contributed by atoms with Crippen molar-refractivity contribution in [1.82, 2.24) is 0 Å². The first-order valence-corrected chi connectivity index (χ1v) is 4.90. The van der Waals surface area contributed by atoms with Gasteiger partial charge in [0.25, 0.3) is 0 Å². The van der Waals surface area contributed by atoms with Gasteiger partial charge in [-0.1, -0.05) is 17.7 Å². The van der Waals surface area contributed by atoms with Crippen LogP contribution in [0.4, 0.5) is 10.5 Å². The van der Waals surface area contributed by atoms with Gasteiger partial charge in [0.15, 0.2) is 0 Å². The average molecular weight is 211 g/mol. The number of urea groups is 1. The summed E-state index contributed by atoms with van der Waals surface area (Å²) in [4.78, 5) is 10.6. The van der Waals surface area contributed by atoms with Crippen LogP contribution in [-0.2, 0) is 0 Å². The SMILES string of the molecule is NC(=O)Nc1ccc(C2CC2)cc1Cl. The van der Waals surface area contributed by atoms with Crippen molar-refractivity contribution in [1.29, 1.82) is 0 Å². The molecule has 0 saturated heterocycles. The lowest BCUT2D eigenvalue weighted by Gasteiger charge is -2.06. The number of hydrogen-bond acceptors (Lipinski definition) is 1. The summed E-state index contributed by atoms with van der Waals surface area (Å²) >= 11 is 5.98. The third-order valence-electron chi connectivity index (χ3n) is 2.30. The molecule has 3 N–H and O–H groups in total. The smallest absolute Gasteiger partial charge is 0.316 e. The second-order valence-corrected chi connectivity index (χ2v) is 3.91. The molecule has 0 heterocycles. The summed E-state index contributed by atoms with van der Waals surface area (Å²) in [5, 5.41) is 3.02. The third-order valence-corrected chi connectivity index (χ3v) is 2.61. The van der Waals surface area contributed by atoms with Crippen molar-refractivity contribution < 1.29 is 4.79 Å². The number of amides is 2. The van der Waals surface area contributed by atoms with Gasteiger partial charge < -0.3 is 11.1 Å². The number of rotatable bonds is 2. The minimum Gasteiger partial charge on any atom is -0.351 e. The highest BCUT2D eigenvalue weighted by Crippen LogP contribution is 2.41. The lowest BCUT2D eigenvalue weighted by Crippen LogP contribution is -2.19. The van der Waals surface area contributed by atoms with Crippen LogP contribution >= 0.6 is 11.6 Å². The molecule has 0 aromatic heterocycles. The van der Waals surface area contributed by atoms with Crippen LogP contribution in [0, 0.1) is 0 Å². The van der Waals surface area contributed by atoms with E-state index in [2.05, 4.69) is 5.32 Å². The predicted octanol–water partition coefficient (Wildman–Crippen LogP) is 2.71. The Balaban J connectivity index is 2.21. The van der Waals surface area contributed by atoms with Gasteiger partial charge in [0.2, 0.25) is 0 Å². The van der Waals surface area contributed by atoms with E-state index in [9.17, 15) is 4.79 Å². The van der Waals surface area contributed by atoms with Gasteiger partial charge in [0.1, 0.15) is 0 Å². The number of benzene rings is 1. The molecule has 0 bridgehead atoms. The molecule has 0 unspecified atom stereocenters. The molecule has 4 heteroatoms. The van der Waals surface area contributed by atoms with E-state index >= 15 is 0 Å². The molecular formula is C10H11ClN2O. The van der Waals surface area contributed by atoms with Crippen molar-refractivity contribution >= 4 is 23.3 Å². The topological polar surface area (TPSA) is 55.1 Å². The second-order valence-electron chi connectivity index (χ2n) is 3.50. The second kappa shape index (κ2) is 3.50. The van der Waals surface area contributed by atoms with Crippen molar-refractivity contribution in [2.24, 2.45) is 5.73 Å². The maximum Gasteiger partial charge on any atom is 0.316 e. The molecule has 1 aromatic rings. The zero-order valence-corrected chi connectivity index (χ0v) is 8.34. The van der Waals surface area contributed by atoms with Gasteiger partial charge in [-0.25, -0.2) is 4.79 Å². The quantitative estimate of drug-likeness (QED) is 0.775. The van der Waals surface area contributed by atoms with Crippen molar-refractivity contribution in [3.05, 3.63) is 28.8 Å². The molecule has 1 saturated carbocycles. The molecule has 1 fully saturated rings. The fraction of sp³-hybridized carbons (Fsp3) is 0.300. The highest BCUT2D eigenvalue weighted by molar-refractivity contribution is 6.33. The predicted molar refractivity (Wildman–Crippen MR) is 56.6 cm³/mol. The van der Waals surface area contributed by atoms with Gasteiger partial charge in [-0.2, -0.15) is 0 Å². The molecule has 0 spiro atoms. The molecular weight excluding hydrogens is 200 g/mol. The Labute approximate surface area is 87.2 Å². The third kappa shape index (κ3) is 1.99. The summed E-state index contributed by atoms with van der Waals surface area (Å²) in [5.74, 6) is 0.662. The fourth-order valence-electron chi connectivity index (χ4n) is 1.44. The van der Waals surface area contributed by atoms with E-state index in [1.54, 1.807) is 6.07 Å². The largest absolute Gasteiger partial charge is 0.351 e. The average Bonchev–Trinajstić information content (AvgIpc) is 2.90. The van der Waals surface area contributed by atoms with E-state index in [1.165, 1.54) is 18.4 Å². The van der Waals surface area contributed by atoms with Crippen LogP contribution in [0.5, 0.6) is 0 Å². The first kappa shape index (κ1) is 9.34. The Morgan fingerprint density at radius 3 is 2.71 bits per heavy atom. The van der Waals surface area contributed by atoms with Gasteiger partial charge in [0, 0.05) is 0 Å². The summed E-state index contributed by atoms with van der Waals surface area (Å²) in [6.07, 6.45) is 2.47. The lowest BCUT2D eigenvalue weighted by molar-refractivity contribution is 0.259. The van der Waals surface area contributed by atoms with Gasteiger partial charge in [-0.05, 0) is 36.5 Å². The van der Waals surface area contributed by atoms with Gasteiger partial charge in [-0.3, -0.25) is 0 Å². The normalized spacial score (nSPS) is 15.2. The lowest BCUT2D eigenvalue weighted by atomic mass is 10.1. The number of halogens is 1. The van der Waals surface area contributed by atoms with Crippen molar-refractivity contribution in [2.75, 3.05) is 5.32 Å². The number of anilines is 1. The monoisotopic (exact) mass is 210 g/mol. The molecule has 2 amide bonds. The van der Waals surface area contributed by atoms with Crippen LogP contribution in [0.2, 0.25) is 5.02 Å². The maximum atomic E-state index is 10.6. The molecule has 74 valence electrons. The minimum absolute atomic E-state index is 0.549. The van der Waals surface area contributed by atoms with Crippen molar-refractivity contribution in [3.63, 3.8) is 0 Å². The molecule has 1 aromatic carbocycles. The number of nitrogens with one attached hydrogen (secondary N) is 1. The van der Waals surface area contributed by atoms with Gasteiger partial charge >= 0.3 is 6.03 Å². The van der Waals surface area contributed by atoms with E-state index in [-0.39, 0.29) is 0 Å². The Kier molecular flexibility index (Phi) is 2.33. The number of primary amides is 1. The molecule has 1 aliphatic carbocycles. The summed E-state index contributed by atoms with van der Waals surface area (Å²) in [6, 6.07) is 5.08. The molecule has 0 atom stereocenters. The molecule has 14 heavy (non-hydrogen) atoms. The van der Waals surface area contributed by atoms with Gasteiger partial charge in [-0.15, -0.1) is 0 Å².